The van der Waals surface area contributed by atoms with Crippen LogP contribution in [-0.2, 0) is 0 Å². The van der Waals surface area contributed by atoms with Crippen molar-refractivity contribution in [3.63, 3.8) is 0 Å². The monoisotopic (exact) mass is 427 g/mol. The third-order valence-corrected chi connectivity index (χ3v) is 5.23. The molecule has 0 bridgehead atoms. The van der Waals surface area contributed by atoms with Crippen molar-refractivity contribution in [3.8, 4) is 0 Å². The topological polar surface area (TPSA) is 78.7 Å². The molecule has 7 nitrogen and oxygen atoms in total. The fraction of sp³-hybridized carbons (Fsp3) is 0.318. The quantitative estimate of drug-likeness (QED) is 0.575. The number of nitrogens with one attached hydrogen (secondary N) is 2. The van der Waals surface area contributed by atoms with Gasteiger partial charge in [-0.3, -0.25) is 14.0 Å². The number of rotatable bonds is 8. The molecule has 0 aliphatic rings. The number of likely N-dealkylation sites (N-methyl/N-ethyl adjacent to an activating group) is 1. The normalized spacial score (nSPS) is 11.1. The summed E-state index contributed by atoms with van der Waals surface area (Å²) in [6, 6.07) is 10.2. The summed E-state index contributed by atoms with van der Waals surface area (Å²) in [5, 5.41) is 6.34. The zero-order valence-electron chi connectivity index (χ0n) is 17.4. The maximum Gasteiger partial charge on any atom is 0.274 e. The van der Waals surface area contributed by atoms with E-state index in [0.29, 0.717) is 39.9 Å². The van der Waals surface area contributed by atoms with E-state index in [4.69, 9.17) is 11.6 Å². The van der Waals surface area contributed by atoms with Gasteiger partial charge in [0.05, 0.1) is 5.69 Å². The Morgan fingerprint density at radius 3 is 2.47 bits per heavy atom. The van der Waals surface area contributed by atoms with Gasteiger partial charge in [0.15, 0.2) is 0 Å². The van der Waals surface area contributed by atoms with Crippen LogP contribution < -0.4 is 10.6 Å². The molecule has 2 aromatic heterocycles. The van der Waals surface area contributed by atoms with Crippen molar-refractivity contribution in [2.75, 3.05) is 31.5 Å². The lowest BCUT2D eigenvalue weighted by atomic mass is 10.2. The zero-order valence-corrected chi connectivity index (χ0v) is 18.2. The lowest BCUT2D eigenvalue weighted by molar-refractivity contribution is 0.0948. The average Bonchev–Trinajstić information content (AvgIpc) is 3.06. The molecule has 0 radical (unpaired) electrons. The van der Waals surface area contributed by atoms with Gasteiger partial charge in [-0.25, -0.2) is 4.98 Å². The van der Waals surface area contributed by atoms with E-state index in [1.807, 2.05) is 0 Å². The number of carbonyl (C=O) groups excluding carboxylic acids is 2. The second-order valence-corrected chi connectivity index (χ2v) is 7.37. The highest BCUT2D eigenvalue weighted by Crippen LogP contribution is 2.18. The second-order valence-electron chi connectivity index (χ2n) is 6.93. The largest absolute Gasteiger partial charge is 0.351 e. The number of benzene rings is 1. The highest BCUT2D eigenvalue weighted by Gasteiger charge is 2.17. The fourth-order valence-electron chi connectivity index (χ4n) is 3.28. The van der Waals surface area contributed by atoms with E-state index in [2.05, 4.69) is 34.4 Å². The first kappa shape index (κ1) is 21.8. The second kappa shape index (κ2) is 9.73. The number of anilines is 1. The Morgan fingerprint density at radius 1 is 1.10 bits per heavy atom. The van der Waals surface area contributed by atoms with Gasteiger partial charge in [0.2, 0.25) is 0 Å². The van der Waals surface area contributed by atoms with Crippen LogP contribution in [0.5, 0.6) is 0 Å². The van der Waals surface area contributed by atoms with Gasteiger partial charge in [-0.05, 0) is 50.3 Å². The average molecular weight is 428 g/mol. The molecular formula is C22H26ClN5O2. The molecule has 0 aliphatic heterocycles. The maximum absolute atomic E-state index is 12.8. The molecule has 1 aromatic carbocycles. The first-order valence-electron chi connectivity index (χ1n) is 9.99. The van der Waals surface area contributed by atoms with Crippen molar-refractivity contribution in [1.82, 2.24) is 19.6 Å². The van der Waals surface area contributed by atoms with Gasteiger partial charge in [0, 0.05) is 41.6 Å². The van der Waals surface area contributed by atoms with Gasteiger partial charge in [-0.2, -0.15) is 0 Å². The number of halogens is 1. The Balaban J connectivity index is 1.64. The van der Waals surface area contributed by atoms with Crippen molar-refractivity contribution >= 4 is 34.7 Å². The predicted molar refractivity (Wildman–Crippen MR) is 119 cm³/mol. The van der Waals surface area contributed by atoms with Gasteiger partial charge < -0.3 is 15.5 Å². The molecule has 30 heavy (non-hydrogen) atoms. The molecule has 8 heteroatoms. The third kappa shape index (κ3) is 4.98. The van der Waals surface area contributed by atoms with Crippen molar-refractivity contribution in [2.24, 2.45) is 0 Å². The van der Waals surface area contributed by atoms with E-state index >= 15 is 0 Å². The molecular weight excluding hydrogens is 402 g/mol. The number of fused-ring (bicyclic) bond motifs is 1. The molecule has 0 unspecified atom stereocenters. The minimum Gasteiger partial charge on any atom is -0.351 e. The fourth-order valence-corrected chi connectivity index (χ4v) is 3.43. The van der Waals surface area contributed by atoms with Crippen LogP contribution in [0.4, 0.5) is 5.69 Å². The van der Waals surface area contributed by atoms with Gasteiger partial charge in [-0.15, -0.1) is 0 Å². The Kier molecular flexibility index (Phi) is 7.07. The number of amides is 2. The molecule has 0 aliphatic carbocycles. The van der Waals surface area contributed by atoms with E-state index in [9.17, 15) is 9.59 Å². The minimum atomic E-state index is -0.279. The lowest BCUT2D eigenvalue weighted by Gasteiger charge is -2.18. The van der Waals surface area contributed by atoms with Crippen molar-refractivity contribution < 1.29 is 9.59 Å². The number of imidazole rings is 1. The molecule has 0 saturated heterocycles. The summed E-state index contributed by atoms with van der Waals surface area (Å²) in [5.74, 6) is -0.409. The Bertz CT molecular complexity index is 1040. The van der Waals surface area contributed by atoms with Crippen LogP contribution >= 0.6 is 11.6 Å². The van der Waals surface area contributed by atoms with Gasteiger partial charge in [0.1, 0.15) is 11.3 Å². The van der Waals surface area contributed by atoms with E-state index in [1.54, 1.807) is 53.9 Å². The zero-order chi connectivity index (χ0) is 21.7. The summed E-state index contributed by atoms with van der Waals surface area (Å²) in [4.78, 5) is 31.7. The summed E-state index contributed by atoms with van der Waals surface area (Å²) in [6.07, 6.45) is 1.72. The molecule has 3 rings (SSSR count). The lowest BCUT2D eigenvalue weighted by Crippen LogP contribution is -2.34. The molecule has 2 amide bonds. The number of hydrogen-bond donors (Lipinski definition) is 2. The molecule has 3 aromatic rings. The highest BCUT2D eigenvalue weighted by molar-refractivity contribution is 6.30. The number of aromatic nitrogens is 2. The molecule has 2 heterocycles. The number of pyridine rings is 1. The van der Waals surface area contributed by atoms with E-state index in [1.165, 1.54) is 0 Å². The summed E-state index contributed by atoms with van der Waals surface area (Å²) in [7, 11) is 0. The van der Waals surface area contributed by atoms with Crippen LogP contribution in [0.25, 0.3) is 5.65 Å². The van der Waals surface area contributed by atoms with E-state index in [-0.39, 0.29) is 11.8 Å². The first-order chi connectivity index (χ1) is 14.4. The summed E-state index contributed by atoms with van der Waals surface area (Å²) in [5.41, 5.74) is 2.82. The third-order valence-electron chi connectivity index (χ3n) is 4.99. The van der Waals surface area contributed by atoms with Crippen LogP contribution in [-0.4, -0.2) is 52.3 Å². The Morgan fingerprint density at radius 2 is 1.80 bits per heavy atom. The van der Waals surface area contributed by atoms with E-state index in [0.717, 1.165) is 19.6 Å². The number of carbonyl (C=O) groups is 2. The maximum atomic E-state index is 12.8. The smallest absolute Gasteiger partial charge is 0.274 e. The van der Waals surface area contributed by atoms with E-state index < -0.39 is 0 Å². The standard InChI is InChI=1S/C22H26ClN5O2/c1-4-27(5-2)13-11-24-21(29)16-6-8-18(9-7-16)26-22(30)20-15(3)25-19-14-17(23)10-12-28(19)20/h6-10,12,14H,4-5,11,13H2,1-3H3,(H,24,29)(H,26,30). The minimum absolute atomic E-state index is 0.130. The SMILES string of the molecule is CCN(CC)CCNC(=O)c1ccc(NC(=O)c2c(C)nc3cc(Cl)ccn23)cc1. The predicted octanol–water partition coefficient (Wildman–Crippen LogP) is 3.62. The van der Waals surface area contributed by atoms with Crippen LogP contribution in [0.15, 0.2) is 42.6 Å². The number of nitrogens with zero attached hydrogens (tertiary/aromatic N) is 3. The van der Waals surface area contributed by atoms with Crippen LogP contribution in [0.2, 0.25) is 5.02 Å². The van der Waals surface area contributed by atoms with Crippen LogP contribution in [0, 0.1) is 6.92 Å². The van der Waals surface area contributed by atoms with Crippen LogP contribution in [0.1, 0.15) is 40.4 Å². The van der Waals surface area contributed by atoms with Crippen molar-refractivity contribution in [3.05, 3.63) is 64.6 Å². The van der Waals surface area contributed by atoms with Crippen molar-refractivity contribution in [1.29, 1.82) is 0 Å². The first-order valence-corrected chi connectivity index (χ1v) is 10.4. The Hall–Kier alpha value is -2.90. The van der Waals surface area contributed by atoms with Gasteiger partial charge in [0.25, 0.3) is 11.8 Å². The summed E-state index contributed by atoms with van der Waals surface area (Å²) in [6.45, 7) is 9.30. The molecule has 0 spiro atoms. The number of hydrogen-bond acceptors (Lipinski definition) is 4. The Labute approximate surface area is 181 Å². The molecule has 2 N–H and O–H groups in total. The van der Waals surface area contributed by atoms with Gasteiger partial charge >= 0.3 is 0 Å². The van der Waals surface area contributed by atoms with Crippen molar-refractivity contribution in [2.45, 2.75) is 20.8 Å². The highest BCUT2D eigenvalue weighted by atomic mass is 35.5. The molecule has 0 fully saturated rings. The summed E-state index contributed by atoms with van der Waals surface area (Å²) < 4.78 is 1.70. The molecule has 158 valence electrons. The molecule has 0 atom stereocenters. The van der Waals surface area contributed by atoms with Gasteiger partial charge in [-0.1, -0.05) is 25.4 Å². The molecule has 0 saturated carbocycles. The number of aryl methyl sites for hydroxylation is 1. The summed E-state index contributed by atoms with van der Waals surface area (Å²) >= 11 is 6.00. The van der Waals surface area contributed by atoms with Crippen LogP contribution in [0.3, 0.4) is 0 Å².